The molecular formula is C15H17ClN2. The molecule has 0 aliphatic carbocycles. The van der Waals surface area contributed by atoms with Crippen molar-refractivity contribution in [1.82, 2.24) is 4.98 Å². The van der Waals surface area contributed by atoms with Crippen LogP contribution in [0.15, 0.2) is 48.7 Å². The minimum atomic E-state index is 0.410. The van der Waals surface area contributed by atoms with E-state index < -0.39 is 0 Å². The van der Waals surface area contributed by atoms with Crippen LogP contribution >= 0.6 is 11.6 Å². The molecule has 18 heavy (non-hydrogen) atoms. The van der Waals surface area contributed by atoms with Crippen molar-refractivity contribution in [2.75, 3.05) is 5.32 Å². The smallest absolute Gasteiger partial charge is 0.129 e. The maximum atomic E-state index is 5.75. The molecule has 2 nitrogen and oxygen atoms in total. The van der Waals surface area contributed by atoms with Crippen LogP contribution in [0.5, 0.6) is 0 Å². The molecule has 0 saturated carbocycles. The number of pyridine rings is 1. The van der Waals surface area contributed by atoms with Crippen LogP contribution in [0.2, 0.25) is 5.15 Å². The van der Waals surface area contributed by atoms with Crippen LogP contribution in [0, 0.1) is 0 Å². The van der Waals surface area contributed by atoms with Crippen molar-refractivity contribution in [3.8, 4) is 0 Å². The quantitative estimate of drug-likeness (QED) is 0.817. The Kier molecular flexibility index (Phi) is 4.59. The van der Waals surface area contributed by atoms with Gasteiger partial charge in [0.25, 0.3) is 0 Å². The highest BCUT2D eigenvalue weighted by Gasteiger charge is 2.03. The molecule has 1 unspecified atom stereocenters. The Morgan fingerprint density at radius 1 is 1.17 bits per heavy atom. The summed E-state index contributed by atoms with van der Waals surface area (Å²) in [6, 6.07) is 14.7. The summed E-state index contributed by atoms with van der Waals surface area (Å²) < 4.78 is 0. The Balaban J connectivity index is 1.82. The van der Waals surface area contributed by atoms with E-state index in [4.69, 9.17) is 11.6 Å². The standard InChI is InChI=1S/C15H17ClN2/c1-12(7-8-13-5-3-2-4-6-13)18-14-9-10-15(16)17-11-14/h2-6,9-12,18H,7-8H2,1H3. The van der Waals surface area contributed by atoms with E-state index >= 15 is 0 Å². The predicted octanol–water partition coefficient (Wildman–Crippen LogP) is 4.17. The van der Waals surface area contributed by atoms with Crippen molar-refractivity contribution >= 4 is 17.3 Å². The molecule has 1 atom stereocenters. The average Bonchev–Trinajstić information content (AvgIpc) is 2.40. The average molecular weight is 261 g/mol. The van der Waals surface area contributed by atoms with Crippen LogP contribution in [-0.4, -0.2) is 11.0 Å². The van der Waals surface area contributed by atoms with Crippen LogP contribution in [0.4, 0.5) is 5.69 Å². The summed E-state index contributed by atoms with van der Waals surface area (Å²) in [5.74, 6) is 0. The first-order valence-corrected chi connectivity index (χ1v) is 6.54. The third kappa shape index (κ3) is 4.04. The largest absolute Gasteiger partial charge is 0.381 e. The number of hydrogen-bond acceptors (Lipinski definition) is 2. The lowest BCUT2D eigenvalue weighted by molar-refractivity contribution is 0.706. The third-order valence-corrected chi connectivity index (χ3v) is 3.07. The van der Waals surface area contributed by atoms with Gasteiger partial charge >= 0.3 is 0 Å². The van der Waals surface area contributed by atoms with Gasteiger partial charge in [-0.15, -0.1) is 0 Å². The molecule has 0 aliphatic rings. The fourth-order valence-electron chi connectivity index (χ4n) is 1.85. The molecule has 1 aromatic heterocycles. The van der Waals surface area contributed by atoms with Gasteiger partial charge in [0, 0.05) is 6.04 Å². The molecule has 0 bridgehead atoms. The molecule has 0 spiro atoms. The van der Waals surface area contributed by atoms with E-state index in [0.717, 1.165) is 18.5 Å². The van der Waals surface area contributed by atoms with E-state index in [-0.39, 0.29) is 0 Å². The molecule has 3 heteroatoms. The second-order valence-electron chi connectivity index (χ2n) is 4.44. The zero-order valence-electron chi connectivity index (χ0n) is 10.4. The summed E-state index contributed by atoms with van der Waals surface area (Å²) in [7, 11) is 0. The van der Waals surface area contributed by atoms with Crippen LogP contribution in [0.1, 0.15) is 18.9 Å². The molecular weight excluding hydrogens is 244 g/mol. The van der Waals surface area contributed by atoms with Gasteiger partial charge in [0.2, 0.25) is 0 Å². The van der Waals surface area contributed by atoms with Gasteiger partial charge < -0.3 is 5.32 Å². The van der Waals surface area contributed by atoms with Crippen LogP contribution in [0.25, 0.3) is 0 Å². The molecule has 0 aliphatic heterocycles. The van der Waals surface area contributed by atoms with Gasteiger partial charge in [-0.25, -0.2) is 4.98 Å². The molecule has 0 amide bonds. The van der Waals surface area contributed by atoms with Crippen LogP contribution in [-0.2, 0) is 6.42 Å². The van der Waals surface area contributed by atoms with E-state index in [1.807, 2.05) is 12.1 Å². The van der Waals surface area contributed by atoms with Crippen molar-refractivity contribution in [1.29, 1.82) is 0 Å². The summed E-state index contributed by atoms with van der Waals surface area (Å²) in [6.07, 6.45) is 3.93. The maximum absolute atomic E-state index is 5.75. The van der Waals surface area contributed by atoms with Gasteiger partial charge in [0.1, 0.15) is 5.15 Å². The number of aromatic nitrogens is 1. The summed E-state index contributed by atoms with van der Waals surface area (Å²) in [5.41, 5.74) is 2.39. The molecule has 94 valence electrons. The Labute approximate surface area is 113 Å². The van der Waals surface area contributed by atoms with Gasteiger partial charge in [-0.3, -0.25) is 0 Å². The van der Waals surface area contributed by atoms with Crippen molar-refractivity contribution < 1.29 is 0 Å². The summed E-state index contributed by atoms with van der Waals surface area (Å²) >= 11 is 5.75. The first-order chi connectivity index (χ1) is 8.74. The topological polar surface area (TPSA) is 24.9 Å². The first-order valence-electron chi connectivity index (χ1n) is 6.16. The minimum absolute atomic E-state index is 0.410. The number of nitrogens with one attached hydrogen (secondary N) is 1. The van der Waals surface area contributed by atoms with Crippen molar-refractivity contribution in [3.05, 3.63) is 59.4 Å². The number of nitrogens with zero attached hydrogens (tertiary/aromatic N) is 1. The van der Waals surface area contributed by atoms with E-state index in [1.54, 1.807) is 12.3 Å². The van der Waals surface area contributed by atoms with Crippen LogP contribution in [0.3, 0.4) is 0 Å². The molecule has 2 rings (SSSR count). The first kappa shape index (κ1) is 12.9. The Hall–Kier alpha value is -1.54. The highest BCUT2D eigenvalue weighted by atomic mass is 35.5. The van der Waals surface area contributed by atoms with Crippen molar-refractivity contribution in [2.24, 2.45) is 0 Å². The Morgan fingerprint density at radius 3 is 2.61 bits per heavy atom. The second-order valence-corrected chi connectivity index (χ2v) is 4.83. The molecule has 0 radical (unpaired) electrons. The Morgan fingerprint density at radius 2 is 1.94 bits per heavy atom. The van der Waals surface area contributed by atoms with Gasteiger partial charge in [0.05, 0.1) is 11.9 Å². The lowest BCUT2D eigenvalue weighted by atomic mass is 10.1. The highest BCUT2D eigenvalue weighted by Crippen LogP contribution is 2.13. The molecule has 0 fully saturated rings. The summed E-state index contributed by atoms with van der Waals surface area (Å²) in [4.78, 5) is 4.05. The number of anilines is 1. The number of aryl methyl sites for hydroxylation is 1. The van der Waals surface area contributed by atoms with Crippen molar-refractivity contribution in [2.45, 2.75) is 25.8 Å². The normalized spacial score (nSPS) is 12.1. The number of rotatable bonds is 5. The van der Waals surface area contributed by atoms with E-state index in [1.165, 1.54) is 5.56 Å². The highest BCUT2D eigenvalue weighted by molar-refractivity contribution is 6.29. The Bertz CT molecular complexity index is 468. The van der Waals surface area contributed by atoms with Gasteiger partial charge in [-0.2, -0.15) is 0 Å². The lowest BCUT2D eigenvalue weighted by Crippen LogP contribution is -2.16. The fourth-order valence-corrected chi connectivity index (χ4v) is 1.96. The lowest BCUT2D eigenvalue weighted by Gasteiger charge is -2.14. The monoisotopic (exact) mass is 260 g/mol. The zero-order chi connectivity index (χ0) is 12.8. The van der Waals surface area contributed by atoms with Crippen molar-refractivity contribution in [3.63, 3.8) is 0 Å². The molecule has 1 N–H and O–H groups in total. The zero-order valence-corrected chi connectivity index (χ0v) is 11.2. The number of hydrogen-bond donors (Lipinski definition) is 1. The van der Waals surface area contributed by atoms with Crippen LogP contribution < -0.4 is 5.32 Å². The van der Waals surface area contributed by atoms with E-state index in [9.17, 15) is 0 Å². The van der Waals surface area contributed by atoms with E-state index in [0.29, 0.717) is 11.2 Å². The molecule has 1 aromatic carbocycles. The number of halogens is 1. The third-order valence-electron chi connectivity index (χ3n) is 2.85. The minimum Gasteiger partial charge on any atom is -0.381 e. The number of benzene rings is 1. The summed E-state index contributed by atoms with van der Waals surface area (Å²) in [6.45, 7) is 2.18. The SMILES string of the molecule is CC(CCc1ccccc1)Nc1ccc(Cl)nc1. The summed E-state index contributed by atoms with van der Waals surface area (Å²) in [5, 5.41) is 3.94. The molecule has 2 aromatic rings. The van der Waals surface area contributed by atoms with Gasteiger partial charge in [0.15, 0.2) is 0 Å². The predicted molar refractivity (Wildman–Crippen MR) is 77.1 cm³/mol. The maximum Gasteiger partial charge on any atom is 0.129 e. The molecule has 1 heterocycles. The van der Waals surface area contributed by atoms with Gasteiger partial charge in [-0.1, -0.05) is 41.9 Å². The second kappa shape index (κ2) is 6.41. The molecule has 0 saturated heterocycles. The van der Waals surface area contributed by atoms with Gasteiger partial charge in [-0.05, 0) is 37.5 Å². The fraction of sp³-hybridized carbons (Fsp3) is 0.267. The van der Waals surface area contributed by atoms with E-state index in [2.05, 4.69) is 41.5 Å².